The molecular formula is C15H14ClN3O2S. The van der Waals surface area contributed by atoms with Crippen LogP contribution in [0.3, 0.4) is 0 Å². The number of hydrogen-bond donors (Lipinski definition) is 0. The first-order chi connectivity index (χ1) is 10.6. The zero-order valence-electron chi connectivity index (χ0n) is 11.7. The number of halogens is 1. The largest absolute Gasteiger partial charge is 0.335 e. The number of aromatic nitrogens is 1. The van der Waals surface area contributed by atoms with Crippen LogP contribution in [-0.2, 0) is 0 Å². The highest BCUT2D eigenvalue weighted by molar-refractivity contribution is 7.12. The molecule has 3 rings (SSSR count). The maximum Gasteiger partial charge on any atom is 0.264 e. The van der Waals surface area contributed by atoms with Crippen molar-refractivity contribution in [1.82, 2.24) is 14.8 Å². The number of nitrogens with zero attached hydrogens (tertiary/aromatic N) is 3. The molecule has 0 saturated carbocycles. The molecule has 7 heteroatoms. The highest BCUT2D eigenvalue weighted by Gasteiger charge is 2.25. The van der Waals surface area contributed by atoms with Gasteiger partial charge in [0, 0.05) is 32.4 Å². The minimum atomic E-state index is -0.0765. The smallest absolute Gasteiger partial charge is 0.264 e. The van der Waals surface area contributed by atoms with Gasteiger partial charge in [0.25, 0.3) is 11.8 Å². The molecule has 2 aromatic rings. The van der Waals surface area contributed by atoms with E-state index in [4.69, 9.17) is 11.6 Å². The van der Waals surface area contributed by atoms with Crippen molar-refractivity contribution >= 4 is 34.8 Å². The first-order valence-electron chi connectivity index (χ1n) is 6.89. The van der Waals surface area contributed by atoms with Gasteiger partial charge in [0.15, 0.2) is 0 Å². The van der Waals surface area contributed by atoms with Crippen LogP contribution >= 0.6 is 22.9 Å². The average molecular weight is 336 g/mol. The highest BCUT2D eigenvalue weighted by Crippen LogP contribution is 2.15. The van der Waals surface area contributed by atoms with E-state index in [2.05, 4.69) is 4.98 Å². The number of carbonyl (C=O) groups excluding carboxylic acids is 2. The third kappa shape index (κ3) is 3.13. The van der Waals surface area contributed by atoms with Crippen molar-refractivity contribution in [3.05, 3.63) is 51.4 Å². The molecular weight excluding hydrogens is 322 g/mol. The molecule has 0 aromatic carbocycles. The molecule has 5 nitrogen and oxygen atoms in total. The maximum absolute atomic E-state index is 12.4. The molecule has 2 aromatic heterocycles. The topological polar surface area (TPSA) is 53.5 Å². The van der Waals surface area contributed by atoms with Crippen molar-refractivity contribution in [2.45, 2.75) is 0 Å². The van der Waals surface area contributed by atoms with Gasteiger partial charge in [-0.25, -0.2) is 4.98 Å². The second-order valence-electron chi connectivity index (χ2n) is 4.93. The van der Waals surface area contributed by atoms with Gasteiger partial charge in [0.1, 0.15) is 5.15 Å². The fourth-order valence-corrected chi connectivity index (χ4v) is 3.16. The van der Waals surface area contributed by atoms with Crippen LogP contribution in [0.1, 0.15) is 20.0 Å². The Labute approximate surface area is 137 Å². The van der Waals surface area contributed by atoms with Crippen LogP contribution in [0.5, 0.6) is 0 Å². The Morgan fingerprint density at radius 3 is 2.27 bits per heavy atom. The van der Waals surface area contributed by atoms with E-state index in [0.29, 0.717) is 36.9 Å². The van der Waals surface area contributed by atoms with Gasteiger partial charge >= 0.3 is 0 Å². The quantitative estimate of drug-likeness (QED) is 0.792. The van der Waals surface area contributed by atoms with Gasteiger partial charge in [-0.3, -0.25) is 9.59 Å². The first-order valence-corrected chi connectivity index (χ1v) is 8.14. The summed E-state index contributed by atoms with van der Waals surface area (Å²) in [6.45, 7) is 2.14. The van der Waals surface area contributed by atoms with E-state index in [1.165, 1.54) is 17.5 Å². The SMILES string of the molecule is O=C(c1ccc(Cl)nc1)N1CCN(C(=O)c2cccs2)CC1. The Morgan fingerprint density at radius 1 is 1.05 bits per heavy atom. The van der Waals surface area contributed by atoms with E-state index >= 15 is 0 Å². The van der Waals surface area contributed by atoms with Crippen molar-refractivity contribution in [3.63, 3.8) is 0 Å². The van der Waals surface area contributed by atoms with Gasteiger partial charge in [0.05, 0.1) is 10.4 Å². The monoisotopic (exact) mass is 335 g/mol. The molecule has 0 spiro atoms. The molecule has 0 N–H and O–H groups in total. The molecule has 0 unspecified atom stereocenters. The summed E-state index contributed by atoms with van der Waals surface area (Å²) in [4.78, 5) is 32.8. The lowest BCUT2D eigenvalue weighted by Gasteiger charge is -2.34. The van der Waals surface area contributed by atoms with Crippen molar-refractivity contribution < 1.29 is 9.59 Å². The Kier molecular flexibility index (Phi) is 4.40. The fraction of sp³-hybridized carbons (Fsp3) is 0.267. The summed E-state index contributed by atoms with van der Waals surface area (Å²) < 4.78 is 0. The number of carbonyl (C=O) groups is 2. The molecule has 0 aliphatic carbocycles. The standard InChI is InChI=1S/C15H14ClN3O2S/c16-13-4-3-11(10-17-13)14(20)18-5-7-19(8-6-18)15(21)12-2-1-9-22-12/h1-4,9-10H,5-8H2. The third-order valence-corrected chi connectivity index (χ3v) is 4.64. The van der Waals surface area contributed by atoms with E-state index in [1.807, 2.05) is 17.5 Å². The van der Waals surface area contributed by atoms with Gasteiger partial charge in [-0.2, -0.15) is 0 Å². The first kappa shape index (κ1) is 15.0. The summed E-state index contributed by atoms with van der Waals surface area (Å²) in [5.74, 6) is -0.0392. The number of rotatable bonds is 2. The van der Waals surface area contributed by atoms with Crippen molar-refractivity contribution in [1.29, 1.82) is 0 Å². The van der Waals surface area contributed by atoms with Gasteiger partial charge in [-0.1, -0.05) is 17.7 Å². The summed E-state index contributed by atoms with van der Waals surface area (Å²) in [6.07, 6.45) is 1.48. The van der Waals surface area contributed by atoms with Gasteiger partial charge in [-0.15, -0.1) is 11.3 Å². The lowest BCUT2D eigenvalue weighted by atomic mass is 10.2. The number of pyridine rings is 1. The average Bonchev–Trinajstić information content (AvgIpc) is 3.09. The summed E-state index contributed by atoms with van der Waals surface area (Å²) in [6, 6.07) is 6.96. The highest BCUT2D eigenvalue weighted by atomic mass is 35.5. The fourth-order valence-electron chi connectivity index (χ4n) is 2.35. The zero-order valence-corrected chi connectivity index (χ0v) is 13.3. The van der Waals surface area contributed by atoms with E-state index < -0.39 is 0 Å². The summed E-state index contributed by atoms with van der Waals surface area (Å²) in [5.41, 5.74) is 0.516. The Bertz CT molecular complexity index is 665. The lowest BCUT2D eigenvalue weighted by Crippen LogP contribution is -2.50. The molecule has 22 heavy (non-hydrogen) atoms. The molecule has 1 aliphatic heterocycles. The number of thiophene rings is 1. The summed E-state index contributed by atoms with van der Waals surface area (Å²) in [5, 5.41) is 2.25. The Morgan fingerprint density at radius 2 is 1.73 bits per heavy atom. The molecule has 0 atom stereocenters. The van der Waals surface area contributed by atoms with E-state index in [0.717, 1.165) is 4.88 Å². The summed E-state index contributed by atoms with van der Waals surface area (Å²) in [7, 11) is 0. The van der Waals surface area contributed by atoms with Crippen LogP contribution in [-0.4, -0.2) is 52.8 Å². The molecule has 3 heterocycles. The second kappa shape index (κ2) is 6.46. The molecule has 1 saturated heterocycles. The van der Waals surface area contributed by atoms with Gasteiger partial charge in [0.2, 0.25) is 0 Å². The number of amides is 2. The lowest BCUT2D eigenvalue weighted by molar-refractivity contribution is 0.0538. The Hall–Kier alpha value is -1.92. The van der Waals surface area contributed by atoms with Crippen LogP contribution in [0.2, 0.25) is 5.15 Å². The van der Waals surface area contributed by atoms with Gasteiger partial charge in [-0.05, 0) is 23.6 Å². The molecule has 1 fully saturated rings. The Balaban J connectivity index is 1.60. The van der Waals surface area contributed by atoms with Crippen LogP contribution in [0.25, 0.3) is 0 Å². The van der Waals surface area contributed by atoms with Crippen LogP contribution in [0.4, 0.5) is 0 Å². The van der Waals surface area contributed by atoms with Crippen LogP contribution < -0.4 is 0 Å². The normalized spacial score (nSPS) is 15.0. The van der Waals surface area contributed by atoms with Crippen molar-refractivity contribution in [2.75, 3.05) is 26.2 Å². The maximum atomic E-state index is 12.4. The predicted octanol–water partition coefficient (Wildman–Crippen LogP) is 2.39. The minimum Gasteiger partial charge on any atom is -0.335 e. The third-order valence-electron chi connectivity index (χ3n) is 3.56. The molecule has 1 aliphatic rings. The minimum absolute atomic E-state index is 0.0373. The second-order valence-corrected chi connectivity index (χ2v) is 6.27. The summed E-state index contributed by atoms with van der Waals surface area (Å²) >= 11 is 7.16. The van der Waals surface area contributed by atoms with Gasteiger partial charge < -0.3 is 9.80 Å². The molecule has 2 amide bonds. The molecule has 0 radical (unpaired) electrons. The van der Waals surface area contributed by atoms with Crippen LogP contribution in [0.15, 0.2) is 35.8 Å². The number of piperazine rings is 1. The molecule has 114 valence electrons. The van der Waals surface area contributed by atoms with E-state index in [-0.39, 0.29) is 11.8 Å². The van der Waals surface area contributed by atoms with Crippen molar-refractivity contribution in [2.24, 2.45) is 0 Å². The van der Waals surface area contributed by atoms with E-state index in [9.17, 15) is 9.59 Å². The number of hydrogen-bond acceptors (Lipinski definition) is 4. The van der Waals surface area contributed by atoms with Crippen molar-refractivity contribution in [3.8, 4) is 0 Å². The van der Waals surface area contributed by atoms with Crippen LogP contribution in [0, 0.1) is 0 Å². The predicted molar refractivity (Wildman–Crippen MR) is 85.4 cm³/mol. The van der Waals surface area contributed by atoms with E-state index in [1.54, 1.807) is 21.9 Å². The zero-order chi connectivity index (χ0) is 15.5. The molecule has 0 bridgehead atoms.